The number of aromatic carboxylic acids is 1. The Hall–Kier alpha value is -2.45. The average Bonchev–Trinajstić information content (AvgIpc) is 2.38. The van der Waals surface area contributed by atoms with Crippen molar-refractivity contribution in [2.75, 3.05) is 0 Å². The Bertz CT molecular complexity index is 732. The van der Waals surface area contributed by atoms with Crippen LogP contribution in [0.25, 0.3) is 0 Å². The Balaban J connectivity index is 3.54. The number of rotatable bonds is 7. The Morgan fingerprint density at radius 2 is 1.55 bits per heavy atom. The predicted octanol–water partition coefficient (Wildman–Crippen LogP) is 1.80. The molecule has 0 aromatic heterocycles. The van der Waals surface area contributed by atoms with Crippen LogP contribution in [0.5, 0.6) is 0 Å². The summed E-state index contributed by atoms with van der Waals surface area (Å²) in [7, 11) is -4.97. The van der Waals surface area contributed by atoms with Crippen molar-refractivity contribution in [2.45, 2.75) is 12.8 Å². The highest BCUT2D eigenvalue weighted by Crippen LogP contribution is 2.23. The van der Waals surface area contributed by atoms with Crippen LogP contribution in [0.4, 0.5) is 0 Å². The number of benzene rings is 1. The molecule has 0 bridgehead atoms. The SMILES string of the molecule is C=CCc1c(C(=O)O)ccc(C(=O)OS(=O)(=O)O)c1CC=C. The van der Waals surface area contributed by atoms with Crippen molar-refractivity contribution in [1.29, 1.82) is 0 Å². The van der Waals surface area contributed by atoms with Crippen LogP contribution in [-0.4, -0.2) is 30.0 Å². The van der Waals surface area contributed by atoms with Gasteiger partial charge in [-0.25, -0.2) is 9.59 Å². The van der Waals surface area contributed by atoms with Gasteiger partial charge >= 0.3 is 22.3 Å². The summed E-state index contributed by atoms with van der Waals surface area (Å²) in [6.07, 6.45) is 3.14. The second-order valence-corrected chi connectivity index (χ2v) is 5.23. The van der Waals surface area contributed by atoms with Gasteiger partial charge < -0.3 is 9.29 Å². The fourth-order valence-electron chi connectivity index (χ4n) is 1.98. The van der Waals surface area contributed by atoms with Gasteiger partial charge in [0.25, 0.3) is 0 Å². The lowest BCUT2D eigenvalue weighted by molar-refractivity contribution is 0.0688. The molecule has 0 amide bonds. The number of carboxylic acid groups (broad SMARTS) is 1. The number of carboxylic acids is 1. The van der Waals surface area contributed by atoms with E-state index in [4.69, 9.17) is 4.55 Å². The van der Waals surface area contributed by atoms with E-state index < -0.39 is 22.3 Å². The third kappa shape index (κ3) is 4.27. The Kier molecular flexibility index (Phi) is 5.61. The van der Waals surface area contributed by atoms with Crippen LogP contribution in [0, 0.1) is 0 Å². The zero-order valence-electron chi connectivity index (χ0n) is 11.5. The molecule has 0 heterocycles. The van der Waals surface area contributed by atoms with Crippen LogP contribution in [-0.2, 0) is 27.4 Å². The molecule has 118 valence electrons. The molecule has 0 atom stereocenters. The van der Waals surface area contributed by atoms with E-state index in [0.29, 0.717) is 5.56 Å². The van der Waals surface area contributed by atoms with Gasteiger partial charge in [-0.15, -0.1) is 13.2 Å². The lowest BCUT2D eigenvalue weighted by Gasteiger charge is -2.14. The molecule has 0 radical (unpaired) electrons. The molecular weight excluding hydrogens is 312 g/mol. The van der Waals surface area contributed by atoms with Gasteiger partial charge in [0.15, 0.2) is 0 Å². The fraction of sp³-hybridized carbons (Fsp3) is 0.143. The zero-order valence-corrected chi connectivity index (χ0v) is 12.3. The molecule has 0 saturated carbocycles. The van der Waals surface area contributed by atoms with Crippen molar-refractivity contribution in [3.05, 3.63) is 59.7 Å². The standard InChI is InChI=1S/C14H14O7S/c1-3-5-9-10(6-4-2)12(8-7-11(9)13(15)16)14(17)21-22(18,19)20/h3-4,7-8H,1-2,5-6H2,(H,15,16)(H,18,19,20). The summed E-state index contributed by atoms with van der Waals surface area (Å²) < 4.78 is 33.8. The topological polar surface area (TPSA) is 118 Å². The number of hydrogen-bond acceptors (Lipinski definition) is 5. The van der Waals surface area contributed by atoms with E-state index in [-0.39, 0.29) is 29.5 Å². The van der Waals surface area contributed by atoms with E-state index in [1.165, 1.54) is 12.2 Å². The summed E-state index contributed by atoms with van der Waals surface area (Å²) >= 11 is 0. The van der Waals surface area contributed by atoms with Crippen LogP contribution in [0.2, 0.25) is 0 Å². The monoisotopic (exact) mass is 326 g/mol. The smallest absolute Gasteiger partial charge is 0.449 e. The predicted molar refractivity (Wildman–Crippen MR) is 78.2 cm³/mol. The fourth-order valence-corrected chi connectivity index (χ4v) is 2.26. The summed E-state index contributed by atoms with van der Waals surface area (Å²) in [5.74, 6) is -2.50. The van der Waals surface area contributed by atoms with Gasteiger partial charge in [0.1, 0.15) is 0 Å². The largest absolute Gasteiger partial charge is 0.478 e. The molecule has 1 aromatic rings. The highest BCUT2D eigenvalue weighted by molar-refractivity contribution is 7.81. The molecule has 7 nitrogen and oxygen atoms in total. The molecule has 0 aliphatic rings. The second kappa shape index (κ2) is 7.01. The molecule has 0 aliphatic carbocycles. The number of carbonyl (C=O) groups excluding carboxylic acids is 1. The van der Waals surface area contributed by atoms with Crippen molar-refractivity contribution >= 4 is 22.3 Å². The minimum absolute atomic E-state index is 0.0415. The molecule has 1 rings (SSSR count). The van der Waals surface area contributed by atoms with Crippen molar-refractivity contribution < 1.29 is 31.8 Å². The normalized spacial score (nSPS) is 10.8. The Morgan fingerprint density at radius 1 is 1.09 bits per heavy atom. The van der Waals surface area contributed by atoms with Crippen LogP contribution in [0.1, 0.15) is 31.8 Å². The lowest BCUT2D eigenvalue weighted by atomic mass is 9.91. The molecule has 1 aromatic carbocycles. The molecule has 2 N–H and O–H groups in total. The summed E-state index contributed by atoms with van der Waals surface area (Å²) in [6.45, 7) is 7.03. The van der Waals surface area contributed by atoms with E-state index in [1.807, 2.05) is 0 Å². The van der Waals surface area contributed by atoms with Crippen LogP contribution >= 0.6 is 0 Å². The molecule has 0 aliphatic heterocycles. The maximum atomic E-state index is 11.8. The number of allylic oxidation sites excluding steroid dienone is 2. The zero-order chi connectivity index (χ0) is 16.9. The Morgan fingerprint density at radius 3 is 1.95 bits per heavy atom. The first-order chi connectivity index (χ1) is 10.2. The van der Waals surface area contributed by atoms with Gasteiger partial charge in [-0.1, -0.05) is 12.2 Å². The van der Waals surface area contributed by atoms with Crippen LogP contribution < -0.4 is 0 Å². The van der Waals surface area contributed by atoms with E-state index in [0.717, 1.165) is 12.1 Å². The molecule has 0 spiro atoms. The molecular formula is C14H14O7S. The average molecular weight is 326 g/mol. The first-order valence-corrected chi connectivity index (χ1v) is 7.38. The maximum absolute atomic E-state index is 11.8. The van der Waals surface area contributed by atoms with Crippen LogP contribution in [0.15, 0.2) is 37.4 Å². The third-order valence-electron chi connectivity index (χ3n) is 2.76. The molecule has 0 unspecified atom stereocenters. The van der Waals surface area contributed by atoms with Gasteiger partial charge in [-0.3, -0.25) is 4.55 Å². The van der Waals surface area contributed by atoms with Gasteiger partial charge in [-0.2, -0.15) is 8.42 Å². The molecule has 8 heteroatoms. The van der Waals surface area contributed by atoms with Gasteiger partial charge in [0.05, 0.1) is 11.1 Å². The van der Waals surface area contributed by atoms with E-state index in [2.05, 4.69) is 17.3 Å². The van der Waals surface area contributed by atoms with E-state index in [9.17, 15) is 23.1 Å². The highest BCUT2D eigenvalue weighted by Gasteiger charge is 2.23. The first-order valence-electron chi connectivity index (χ1n) is 6.02. The number of carbonyl (C=O) groups is 2. The highest BCUT2D eigenvalue weighted by atomic mass is 32.3. The summed E-state index contributed by atoms with van der Waals surface area (Å²) in [5.41, 5.74) is 0.343. The van der Waals surface area contributed by atoms with Gasteiger partial charge in [-0.05, 0) is 36.1 Å². The molecule has 0 saturated heterocycles. The van der Waals surface area contributed by atoms with Crippen LogP contribution in [0.3, 0.4) is 0 Å². The summed E-state index contributed by atoms with van der Waals surface area (Å²) in [6, 6.07) is 2.29. The summed E-state index contributed by atoms with van der Waals surface area (Å²) in [4.78, 5) is 23.1. The summed E-state index contributed by atoms with van der Waals surface area (Å²) in [5, 5.41) is 9.19. The maximum Gasteiger partial charge on any atom is 0.449 e. The third-order valence-corrected chi connectivity index (χ3v) is 3.12. The minimum atomic E-state index is -4.97. The quantitative estimate of drug-likeness (QED) is 0.579. The van der Waals surface area contributed by atoms with Gasteiger partial charge in [0, 0.05) is 0 Å². The number of hydrogen-bond donors (Lipinski definition) is 2. The lowest BCUT2D eigenvalue weighted by Crippen LogP contribution is -2.16. The van der Waals surface area contributed by atoms with Crippen molar-refractivity contribution in [1.82, 2.24) is 0 Å². The first kappa shape index (κ1) is 17.6. The minimum Gasteiger partial charge on any atom is -0.478 e. The Labute approximate surface area is 127 Å². The van der Waals surface area contributed by atoms with Crippen molar-refractivity contribution in [3.8, 4) is 0 Å². The molecule has 22 heavy (non-hydrogen) atoms. The van der Waals surface area contributed by atoms with Crippen molar-refractivity contribution in [3.63, 3.8) is 0 Å². The van der Waals surface area contributed by atoms with E-state index in [1.54, 1.807) is 0 Å². The van der Waals surface area contributed by atoms with Gasteiger partial charge in [0.2, 0.25) is 0 Å². The molecule has 0 fully saturated rings. The second-order valence-electron chi connectivity index (χ2n) is 4.21. The van der Waals surface area contributed by atoms with Crippen molar-refractivity contribution in [2.24, 2.45) is 0 Å². The van der Waals surface area contributed by atoms with E-state index >= 15 is 0 Å².